The van der Waals surface area contributed by atoms with Crippen molar-refractivity contribution >= 4 is 10.0 Å². The van der Waals surface area contributed by atoms with Crippen molar-refractivity contribution in [3.8, 4) is 0 Å². The number of imidazole rings is 1. The van der Waals surface area contributed by atoms with Crippen LogP contribution in [0.2, 0.25) is 0 Å². The topological polar surface area (TPSA) is 90.0 Å². The first kappa shape index (κ1) is 12.2. The molecular formula is C8H16N4O2S. The first-order valence-corrected chi connectivity index (χ1v) is 6.13. The lowest BCUT2D eigenvalue weighted by Crippen LogP contribution is -2.29. The van der Waals surface area contributed by atoms with Gasteiger partial charge in [-0.05, 0) is 13.3 Å². The van der Waals surface area contributed by atoms with E-state index in [1.807, 2.05) is 6.92 Å². The maximum Gasteiger partial charge on any atom is 0.259 e. The molecule has 1 aromatic heterocycles. The van der Waals surface area contributed by atoms with Crippen molar-refractivity contribution in [3.63, 3.8) is 0 Å². The van der Waals surface area contributed by atoms with E-state index in [4.69, 9.17) is 5.73 Å². The van der Waals surface area contributed by atoms with Crippen molar-refractivity contribution in [3.05, 3.63) is 12.5 Å². The minimum Gasteiger partial charge on any atom is -0.339 e. The Morgan fingerprint density at radius 3 is 2.80 bits per heavy atom. The Balaban J connectivity index is 2.60. The molecular weight excluding hydrogens is 216 g/mol. The van der Waals surface area contributed by atoms with Crippen LogP contribution in [0.5, 0.6) is 0 Å². The predicted molar refractivity (Wildman–Crippen MR) is 56.7 cm³/mol. The largest absolute Gasteiger partial charge is 0.339 e. The highest BCUT2D eigenvalue weighted by molar-refractivity contribution is 7.89. The molecule has 3 N–H and O–H groups in total. The number of hydrogen-bond donors (Lipinski definition) is 2. The molecule has 0 spiro atoms. The van der Waals surface area contributed by atoms with Crippen LogP contribution in [0.25, 0.3) is 0 Å². The summed E-state index contributed by atoms with van der Waals surface area (Å²) >= 11 is 0. The molecule has 15 heavy (non-hydrogen) atoms. The highest BCUT2D eigenvalue weighted by Crippen LogP contribution is 2.03. The van der Waals surface area contributed by atoms with E-state index in [2.05, 4.69) is 9.71 Å². The van der Waals surface area contributed by atoms with Crippen LogP contribution in [0.4, 0.5) is 0 Å². The fraction of sp³-hybridized carbons (Fsp3) is 0.625. The van der Waals surface area contributed by atoms with Gasteiger partial charge in [0.2, 0.25) is 0 Å². The summed E-state index contributed by atoms with van der Waals surface area (Å²) in [7, 11) is -1.76. The Morgan fingerprint density at radius 1 is 1.67 bits per heavy atom. The lowest BCUT2D eigenvalue weighted by molar-refractivity contribution is 0.569. The average molecular weight is 232 g/mol. The predicted octanol–water partition coefficient (Wildman–Crippen LogP) is -0.564. The minimum absolute atomic E-state index is 0.0172. The van der Waals surface area contributed by atoms with E-state index in [9.17, 15) is 8.42 Å². The average Bonchev–Trinajstić information content (AvgIpc) is 2.51. The summed E-state index contributed by atoms with van der Waals surface area (Å²) in [5.41, 5.74) is 5.51. The number of nitrogens with two attached hydrogens (primary N) is 1. The van der Waals surface area contributed by atoms with Gasteiger partial charge in [-0.2, -0.15) is 0 Å². The van der Waals surface area contributed by atoms with Gasteiger partial charge in [0, 0.05) is 25.8 Å². The van der Waals surface area contributed by atoms with Crippen molar-refractivity contribution in [2.24, 2.45) is 12.8 Å². The molecule has 0 fully saturated rings. The maximum absolute atomic E-state index is 11.6. The van der Waals surface area contributed by atoms with Crippen molar-refractivity contribution in [2.75, 3.05) is 6.54 Å². The summed E-state index contributed by atoms with van der Waals surface area (Å²) in [5, 5.41) is 0.0367. The first-order chi connectivity index (χ1) is 6.92. The van der Waals surface area contributed by atoms with Gasteiger partial charge in [0.1, 0.15) is 0 Å². The van der Waals surface area contributed by atoms with Crippen LogP contribution in [-0.2, 0) is 17.1 Å². The summed E-state index contributed by atoms with van der Waals surface area (Å²) < 4.78 is 27.2. The maximum atomic E-state index is 11.6. The standard InChI is InChI=1S/C8H16N4O2S/c1-7(9)3-4-11-15(13,14)8-5-12(2)6-10-8/h5-7,11H,3-4,9H2,1-2H3. The Hall–Kier alpha value is -0.920. The van der Waals surface area contributed by atoms with E-state index in [0.717, 1.165) is 0 Å². The first-order valence-electron chi connectivity index (χ1n) is 4.65. The van der Waals surface area contributed by atoms with Crippen molar-refractivity contribution < 1.29 is 8.42 Å². The van der Waals surface area contributed by atoms with Gasteiger partial charge >= 0.3 is 0 Å². The second-order valence-electron chi connectivity index (χ2n) is 3.54. The Bertz CT molecular complexity index is 410. The monoisotopic (exact) mass is 232 g/mol. The fourth-order valence-electron chi connectivity index (χ4n) is 1.02. The number of sulfonamides is 1. The van der Waals surface area contributed by atoms with Crippen LogP contribution in [0, 0.1) is 0 Å². The van der Waals surface area contributed by atoms with E-state index in [1.165, 1.54) is 12.5 Å². The zero-order chi connectivity index (χ0) is 11.5. The zero-order valence-electron chi connectivity index (χ0n) is 8.84. The van der Waals surface area contributed by atoms with E-state index in [-0.39, 0.29) is 11.1 Å². The highest BCUT2D eigenvalue weighted by Gasteiger charge is 2.15. The third-order valence-electron chi connectivity index (χ3n) is 1.85. The SMILES string of the molecule is CC(N)CCNS(=O)(=O)c1cn(C)cn1. The molecule has 0 saturated heterocycles. The van der Waals surface area contributed by atoms with Gasteiger partial charge < -0.3 is 10.3 Å². The molecule has 7 heteroatoms. The minimum atomic E-state index is -3.47. The quantitative estimate of drug-likeness (QED) is 0.711. The molecule has 1 rings (SSSR count). The molecule has 0 aromatic carbocycles. The molecule has 0 saturated carbocycles. The lowest BCUT2D eigenvalue weighted by atomic mass is 10.3. The van der Waals surface area contributed by atoms with Crippen LogP contribution < -0.4 is 10.5 Å². The van der Waals surface area contributed by atoms with Crippen LogP contribution in [0.15, 0.2) is 17.6 Å². The molecule has 1 unspecified atom stereocenters. The second kappa shape index (κ2) is 4.73. The summed E-state index contributed by atoms with van der Waals surface area (Å²) in [4.78, 5) is 3.77. The molecule has 0 radical (unpaired) electrons. The molecule has 0 aliphatic heterocycles. The summed E-state index contributed by atoms with van der Waals surface area (Å²) in [6, 6.07) is -0.0172. The van der Waals surface area contributed by atoms with E-state index in [0.29, 0.717) is 13.0 Å². The van der Waals surface area contributed by atoms with Gasteiger partial charge in [0.15, 0.2) is 5.03 Å². The van der Waals surface area contributed by atoms with Gasteiger partial charge in [0.25, 0.3) is 10.0 Å². The number of aryl methyl sites for hydroxylation is 1. The van der Waals surface area contributed by atoms with Gasteiger partial charge in [0.05, 0.1) is 6.33 Å². The number of nitrogens with zero attached hydrogens (tertiary/aromatic N) is 2. The molecule has 0 bridgehead atoms. The van der Waals surface area contributed by atoms with Crippen LogP contribution in [0.1, 0.15) is 13.3 Å². The highest BCUT2D eigenvalue weighted by atomic mass is 32.2. The molecule has 1 heterocycles. The number of rotatable bonds is 5. The van der Waals surface area contributed by atoms with Crippen molar-refractivity contribution in [2.45, 2.75) is 24.4 Å². The van der Waals surface area contributed by atoms with Gasteiger partial charge in [-0.15, -0.1) is 0 Å². The van der Waals surface area contributed by atoms with Gasteiger partial charge in [-0.25, -0.2) is 18.1 Å². The van der Waals surface area contributed by atoms with Crippen molar-refractivity contribution in [1.29, 1.82) is 0 Å². The summed E-state index contributed by atoms with van der Waals surface area (Å²) in [6.45, 7) is 2.16. The molecule has 0 aliphatic carbocycles. The Kier molecular flexibility index (Phi) is 3.83. The summed E-state index contributed by atoms with van der Waals surface area (Å²) in [6.07, 6.45) is 3.50. The van der Waals surface area contributed by atoms with Crippen LogP contribution >= 0.6 is 0 Å². The van der Waals surface area contributed by atoms with Crippen LogP contribution in [-0.4, -0.2) is 30.6 Å². The zero-order valence-corrected chi connectivity index (χ0v) is 9.66. The summed E-state index contributed by atoms with van der Waals surface area (Å²) in [5.74, 6) is 0. The van der Waals surface area contributed by atoms with E-state index < -0.39 is 10.0 Å². The molecule has 0 amide bonds. The second-order valence-corrected chi connectivity index (χ2v) is 5.25. The molecule has 0 aliphatic rings. The Morgan fingerprint density at radius 2 is 2.33 bits per heavy atom. The van der Waals surface area contributed by atoms with Crippen LogP contribution in [0.3, 0.4) is 0 Å². The van der Waals surface area contributed by atoms with E-state index in [1.54, 1.807) is 11.6 Å². The number of hydrogen-bond acceptors (Lipinski definition) is 4. The molecule has 1 aromatic rings. The normalized spacial score (nSPS) is 14.1. The third-order valence-corrected chi connectivity index (χ3v) is 3.19. The lowest BCUT2D eigenvalue weighted by Gasteiger charge is -2.06. The molecule has 1 atom stereocenters. The Labute approximate surface area is 89.5 Å². The molecule has 86 valence electrons. The molecule has 6 nitrogen and oxygen atoms in total. The van der Waals surface area contributed by atoms with Gasteiger partial charge in [-0.1, -0.05) is 0 Å². The van der Waals surface area contributed by atoms with E-state index >= 15 is 0 Å². The smallest absolute Gasteiger partial charge is 0.259 e. The number of nitrogens with one attached hydrogen (secondary N) is 1. The van der Waals surface area contributed by atoms with Gasteiger partial charge in [-0.3, -0.25) is 0 Å². The fourth-order valence-corrected chi connectivity index (χ4v) is 2.05. The third kappa shape index (κ3) is 3.61. The van der Waals surface area contributed by atoms with Crippen molar-refractivity contribution in [1.82, 2.24) is 14.3 Å². The number of aromatic nitrogens is 2.